The molecule has 0 bridgehead atoms. The highest BCUT2D eigenvalue weighted by Crippen LogP contribution is 2.40. The van der Waals surface area contributed by atoms with Gasteiger partial charge in [0.2, 0.25) is 0 Å². The summed E-state index contributed by atoms with van der Waals surface area (Å²) in [4.78, 5) is 60.5. The maximum absolute atomic E-state index is 13.5. The zero-order valence-corrected chi connectivity index (χ0v) is 18.3. The summed E-state index contributed by atoms with van der Waals surface area (Å²) in [6, 6.07) is 18.5. The number of benzene rings is 3. The van der Waals surface area contributed by atoms with E-state index in [0.717, 1.165) is 9.80 Å². The molecule has 2 aliphatic rings. The van der Waals surface area contributed by atoms with E-state index in [0.29, 0.717) is 27.7 Å². The maximum Gasteiger partial charge on any atom is 0.267 e. The molecule has 2 aliphatic heterocycles. The number of carbonyl (C=O) groups is 4. The average molecular weight is 447 g/mol. The lowest BCUT2D eigenvalue weighted by atomic mass is 9.85. The van der Waals surface area contributed by atoms with Crippen LogP contribution in [-0.2, 0) is 0 Å². The highest BCUT2D eigenvalue weighted by Gasteiger charge is 2.41. The Bertz CT molecular complexity index is 1540. The van der Waals surface area contributed by atoms with Crippen LogP contribution in [0, 0.1) is 13.8 Å². The van der Waals surface area contributed by atoms with Crippen molar-refractivity contribution in [1.29, 1.82) is 0 Å². The highest BCUT2D eigenvalue weighted by molar-refractivity contribution is 6.42. The third kappa shape index (κ3) is 2.55. The number of hydrogen-bond donors (Lipinski definition) is 0. The quantitative estimate of drug-likeness (QED) is 0.424. The van der Waals surface area contributed by atoms with Gasteiger partial charge in [-0.3, -0.25) is 19.2 Å². The molecule has 7 nitrogen and oxygen atoms in total. The summed E-state index contributed by atoms with van der Waals surface area (Å²) in [7, 11) is 0. The van der Waals surface area contributed by atoms with Gasteiger partial charge >= 0.3 is 0 Å². The smallest absolute Gasteiger partial charge is 0.267 e. The molecule has 0 unspecified atom stereocenters. The van der Waals surface area contributed by atoms with Gasteiger partial charge in [0.15, 0.2) is 0 Å². The molecule has 3 aromatic carbocycles. The number of aromatic nitrogens is 1. The fourth-order valence-corrected chi connectivity index (χ4v) is 4.72. The number of amides is 4. The minimum atomic E-state index is -0.534. The van der Waals surface area contributed by atoms with Crippen molar-refractivity contribution < 1.29 is 19.2 Å². The Balaban J connectivity index is 1.58. The predicted molar refractivity (Wildman–Crippen MR) is 126 cm³/mol. The van der Waals surface area contributed by atoms with Crippen molar-refractivity contribution in [3.8, 4) is 0 Å². The lowest BCUT2D eigenvalue weighted by molar-refractivity contribution is 0.0872. The van der Waals surface area contributed by atoms with Gasteiger partial charge in [-0.1, -0.05) is 24.3 Å². The molecule has 0 N–H and O–H groups in total. The van der Waals surface area contributed by atoms with Crippen molar-refractivity contribution in [2.24, 2.45) is 0 Å². The molecule has 1 aromatic heterocycles. The fraction of sp³-hybridized carbons (Fsp3) is 0.0741. The lowest BCUT2D eigenvalue weighted by Gasteiger charge is -2.32. The van der Waals surface area contributed by atoms with E-state index >= 15 is 0 Å². The first-order valence-electron chi connectivity index (χ1n) is 10.7. The molecule has 34 heavy (non-hydrogen) atoms. The molecule has 0 saturated heterocycles. The van der Waals surface area contributed by atoms with Gasteiger partial charge in [0, 0.05) is 38.7 Å². The Kier molecular flexibility index (Phi) is 4.07. The molecule has 4 amide bonds. The van der Waals surface area contributed by atoms with Crippen molar-refractivity contribution in [2.75, 3.05) is 9.80 Å². The number of rotatable bonds is 2. The Morgan fingerprint density at radius 2 is 1.03 bits per heavy atom. The van der Waals surface area contributed by atoms with Crippen molar-refractivity contribution in [2.45, 2.75) is 13.8 Å². The first-order chi connectivity index (χ1) is 16.4. The van der Waals surface area contributed by atoms with Crippen LogP contribution in [0.15, 0.2) is 66.7 Å². The van der Waals surface area contributed by atoms with Gasteiger partial charge in [0.05, 0.1) is 5.69 Å². The van der Waals surface area contributed by atoms with Gasteiger partial charge in [-0.2, -0.15) is 0 Å². The second kappa shape index (κ2) is 6.92. The molecule has 0 saturated carbocycles. The summed E-state index contributed by atoms with van der Waals surface area (Å²) in [5, 5.41) is 0.674. The minimum Gasteiger partial charge on any atom is -0.268 e. The molecule has 4 aromatic rings. The number of imide groups is 2. The Labute approximate surface area is 194 Å². The molecule has 6 rings (SSSR count). The van der Waals surface area contributed by atoms with Crippen molar-refractivity contribution >= 4 is 45.9 Å². The van der Waals surface area contributed by atoms with E-state index in [4.69, 9.17) is 0 Å². The van der Waals surface area contributed by atoms with Crippen LogP contribution < -0.4 is 9.80 Å². The van der Waals surface area contributed by atoms with E-state index in [1.807, 2.05) is 12.1 Å². The largest absolute Gasteiger partial charge is 0.268 e. The molecule has 0 atom stereocenters. The van der Waals surface area contributed by atoms with E-state index in [1.54, 1.807) is 68.4 Å². The number of aryl methyl sites for hydroxylation is 2. The number of nitrogens with zero attached hydrogens (tertiary/aromatic N) is 3. The average Bonchev–Trinajstić information content (AvgIpc) is 2.84. The van der Waals surface area contributed by atoms with Gasteiger partial charge in [-0.05, 0) is 61.9 Å². The number of anilines is 2. The molecule has 0 aliphatic carbocycles. The van der Waals surface area contributed by atoms with Gasteiger partial charge < -0.3 is 0 Å². The molecule has 0 radical (unpaired) electrons. The predicted octanol–water partition coefficient (Wildman–Crippen LogP) is 4.45. The molecular formula is C27H17N3O4. The summed E-state index contributed by atoms with van der Waals surface area (Å²) in [5.41, 5.74) is 2.88. The van der Waals surface area contributed by atoms with Crippen LogP contribution in [0.1, 0.15) is 52.7 Å². The summed E-state index contributed by atoms with van der Waals surface area (Å²) >= 11 is 0. The van der Waals surface area contributed by atoms with Gasteiger partial charge in [0.1, 0.15) is 5.82 Å². The van der Waals surface area contributed by atoms with E-state index in [-0.39, 0.29) is 28.1 Å². The lowest BCUT2D eigenvalue weighted by Crippen LogP contribution is -2.44. The van der Waals surface area contributed by atoms with Crippen molar-refractivity contribution in [3.05, 3.63) is 100 Å². The minimum absolute atomic E-state index is 0.256. The normalized spacial score (nSPS) is 14.9. The zero-order chi connectivity index (χ0) is 23.7. The van der Waals surface area contributed by atoms with E-state index in [1.165, 1.54) is 0 Å². The number of para-hydroxylation sites is 1. The molecule has 3 heterocycles. The second-order valence-electron chi connectivity index (χ2n) is 8.39. The summed E-state index contributed by atoms with van der Waals surface area (Å²) in [6.07, 6.45) is 0. The van der Waals surface area contributed by atoms with Crippen LogP contribution >= 0.6 is 0 Å². The summed E-state index contributed by atoms with van der Waals surface area (Å²) < 4.78 is 0. The van der Waals surface area contributed by atoms with Crippen LogP contribution in [0.4, 0.5) is 11.5 Å². The third-order valence-corrected chi connectivity index (χ3v) is 6.33. The van der Waals surface area contributed by atoms with Gasteiger partial charge in [0.25, 0.3) is 23.6 Å². The van der Waals surface area contributed by atoms with Crippen LogP contribution in [0.3, 0.4) is 0 Å². The first-order valence-corrected chi connectivity index (χ1v) is 10.7. The van der Waals surface area contributed by atoms with E-state index in [2.05, 4.69) is 4.98 Å². The summed E-state index contributed by atoms with van der Waals surface area (Å²) in [6.45, 7) is 3.57. The molecule has 0 fully saturated rings. The van der Waals surface area contributed by atoms with E-state index < -0.39 is 23.6 Å². The maximum atomic E-state index is 13.5. The number of carbonyl (C=O) groups excluding carboxylic acids is 4. The Hall–Kier alpha value is -4.65. The molecular weight excluding hydrogens is 430 g/mol. The number of pyridine rings is 1. The first kappa shape index (κ1) is 20.0. The summed E-state index contributed by atoms with van der Waals surface area (Å²) in [5.74, 6) is -1.78. The third-order valence-electron chi connectivity index (χ3n) is 6.33. The zero-order valence-electron chi connectivity index (χ0n) is 18.3. The van der Waals surface area contributed by atoms with Crippen molar-refractivity contribution in [3.63, 3.8) is 0 Å². The highest BCUT2D eigenvalue weighted by atomic mass is 16.2. The molecule has 7 heteroatoms. The Morgan fingerprint density at radius 1 is 0.559 bits per heavy atom. The topological polar surface area (TPSA) is 87.7 Å². The number of hydrogen-bond acceptors (Lipinski definition) is 5. The van der Waals surface area contributed by atoms with Crippen LogP contribution in [-0.4, -0.2) is 28.6 Å². The standard InChI is InChI=1S/C27H17N3O4/c1-14-8-9-15(2)28-23(14)30-26(33)19-12-10-17-21-18(11-13-20(22(19)21)27(30)34)25(32)29(24(17)31)16-6-4-3-5-7-16/h3-13H,1-2H3. The van der Waals surface area contributed by atoms with Crippen LogP contribution in [0.5, 0.6) is 0 Å². The van der Waals surface area contributed by atoms with Crippen molar-refractivity contribution in [1.82, 2.24) is 4.98 Å². The molecule has 0 spiro atoms. The van der Waals surface area contributed by atoms with Crippen LogP contribution in [0.2, 0.25) is 0 Å². The van der Waals surface area contributed by atoms with E-state index in [9.17, 15) is 19.2 Å². The fourth-order valence-electron chi connectivity index (χ4n) is 4.72. The second-order valence-corrected chi connectivity index (χ2v) is 8.39. The van der Waals surface area contributed by atoms with Crippen LogP contribution in [0.25, 0.3) is 10.8 Å². The Morgan fingerprint density at radius 3 is 1.53 bits per heavy atom. The SMILES string of the molecule is Cc1ccc(C)c(N2C(=O)c3ccc4c5c(ccc(c35)C2=O)C(=O)N(c2ccccc2)C4=O)n1. The van der Waals surface area contributed by atoms with Gasteiger partial charge in [-0.25, -0.2) is 14.8 Å². The molecule has 164 valence electrons. The monoisotopic (exact) mass is 447 g/mol. The van der Waals surface area contributed by atoms with Gasteiger partial charge in [-0.15, -0.1) is 0 Å².